The van der Waals surface area contributed by atoms with Gasteiger partial charge in [-0.1, -0.05) is 0 Å². The summed E-state index contributed by atoms with van der Waals surface area (Å²) >= 11 is 0. The van der Waals surface area contributed by atoms with Gasteiger partial charge >= 0.3 is 0 Å². The number of halogens is 1. The van der Waals surface area contributed by atoms with Crippen molar-refractivity contribution in [2.24, 2.45) is 7.05 Å². The van der Waals surface area contributed by atoms with Gasteiger partial charge in [-0.25, -0.2) is 4.57 Å². The van der Waals surface area contributed by atoms with Crippen LogP contribution in [0.15, 0.2) is 12.1 Å². The first-order valence-corrected chi connectivity index (χ1v) is 5.56. The minimum atomic E-state index is -4.69. The van der Waals surface area contributed by atoms with Gasteiger partial charge in [0, 0.05) is 26.0 Å². The Morgan fingerprint density at radius 1 is 1.19 bits per heavy atom. The molecule has 1 heterocycles. The van der Waals surface area contributed by atoms with Gasteiger partial charge in [0.25, 0.3) is 0 Å². The molecule has 0 radical (unpaired) electrons. The number of pyridine rings is 1. The lowest BCUT2D eigenvalue weighted by Gasteiger charge is -2.03. The maximum Gasteiger partial charge on any atom is 0.181 e. The molecule has 0 saturated carbocycles. The number of hydrogen-bond acceptors (Lipinski definition) is 5. The van der Waals surface area contributed by atoms with Gasteiger partial charge in [0.15, 0.2) is 11.4 Å². The van der Waals surface area contributed by atoms with Crippen LogP contribution in [0.25, 0.3) is 0 Å². The first-order valence-electron chi connectivity index (χ1n) is 4.29. The summed E-state index contributed by atoms with van der Waals surface area (Å²) < 4.78 is 40.0. The fourth-order valence-corrected chi connectivity index (χ4v) is 1.04. The van der Waals surface area contributed by atoms with Crippen LogP contribution < -0.4 is 23.3 Å². The van der Waals surface area contributed by atoms with Gasteiger partial charge in [-0.2, -0.15) is 14.0 Å². The Morgan fingerprint density at radius 3 is 1.75 bits per heavy atom. The number of methoxy groups -OCH3 is 1. The summed E-state index contributed by atoms with van der Waals surface area (Å²) in [6.07, 6.45) is 0. The molecule has 0 saturated heterocycles. The van der Waals surface area contributed by atoms with Crippen LogP contribution >= 0.6 is 0 Å². The summed E-state index contributed by atoms with van der Waals surface area (Å²) in [6.45, 7) is 4.13. The smallest absolute Gasteiger partial charge is 0.181 e. The van der Waals surface area contributed by atoms with Crippen LogP contribution in [0.1, 0.15) is 11.4 Å². The monoisotopic (exact) mass is 252 g/mol. The summed E-state index contributed by atoms with van der Waals surface area (Å²) in [5.74, 6) is 0.929. The first-order chi connectivity index (χ1) is 7.15. The standard InChI is InChI=1S/C9H14NO.ClHO4/c1-7-5-9(11-4)6-8(2)10(7)3;2-1(3,4)5/h5-6H,1-4H3;(H,2,3,4,5)/q+1;. The molecule has 1 aromatic rings. The highest BCUT2D eigenvalue weighted by molar-refractivity contribution is 5.21. The Labute approximate surface area is 96.1 Å². The predicted molar refractivity (Wildman–Crippen MR) is 45.9 cm³/mol. The lowest BCUT2D eigenvalue weighted by atomic mass is 10.3. The summed E-state index contributed by atoms with van der Waals surface area (Å²) in [5, 5.41) is 0. The largest absolute Gasteiger partial charge is 0.496 e. The number of nitrogens with zero attached hydrogens (tertiary/aromatic N) is 1. The van der Waals surface area contributed by atoms with Crippen LogP contribution in [0.3, 0.4) is 0 Å². The maximum absolute atomic E-state index is 8.60. The molecule has 0 aromatic carbocycles. The molecule has 0 amide bonds. The van der Waals surface area contributed by atoms with Gasteiger partial charge in [0.2, 0.25) is 0 Å². The Kier molecular flexibility index (Phi) is 5.63. The van der Waals surface area contributed by atoms with Gasteiger partial charge in [0.1, 0.15) is 12.8 Å². The molecule has 0 fully saturated rings. The fourth-order valence-electron chi connectivity index (χ4n) is 1.04. The van der Waals surface area contributed by atoms with Crippen molar-refractivity contribution in [1.29, 1.82) is 0 Å². The fraction of sp³-hybridized carbons (Fsp3) is 0.444. The van der Waals surface area contributed by atoms with E-state index in [-0.39, 0.29) is 0 Å². The second-order valence-corrected chi connectivity index (χ2v) is 3.92. The third-order valence-corrected chi connectivity index (χ3v) is 2.00. The molecule has 92 valence electrons. The van der Waals surface area contributed by atoms with Crippen LogP contribution in [-0.4, -0.2) is 11.8 Å². The van der Waals surface area contributed by atoms with Crippen molar-refractivity contribution in [3.63, 3.8) is 0 Å². The predicted octanol–water partition coefficient (Wildman–Crippen LogP) is -2.99. The van der Waals surface area contributed by atoms with Gasteiger partial charge in [-0.05, 0) is 0 Å². The van der Waals surface area contributed by atoms with Crippen molar-refractivity contribution in [1.82, 2.24) is 0 Å². The number of hydrogen-bond donors (Lipinski definition) is 1. The molecule has 0 atom stereocenters. The average Bonchev–Trinajstić information content (AvgIpc) is 2.10. The third-order valence-electron chi connectivity index (χ3n) is 2.00. The van der Waals surface area contributed by atoms with Crippen LogP contribution in [-0.2, 0) is 7.05 Å². The van der Waals surface area contributed by atoms with E-state index in [0.29, 0.717) is 0 Å². The maximum atomic E-state index is 8.60. The van der Waals surface area contributed by atoms with E-state index in [1.165, 1.54) is 11.4 Å². The second-order valence-electron chi connectivity index (χ2n) is 3.13. The van der Waals surface area contributed by atoms with Crippen molar-refractivity contribution in [2.45, 2.75) is 13.8 Å². The molecular formula is C9H15ClNO5+. The van der Waals surface area contributed by atoms with E-state index in [2.05, 4.69) is 18.4 Å². The van der Waals surface area contributed by atoms with E-state index in [4.69, 9.17) is 23.4 Å². The Hall–Kier alpha value is -0.920. The minimum absolute atomic E-state index is 0.929. The van der Waals surface area contributed by atoms with Crippen LogP contribution in [0, 0.1) is 24.1 Å². The van der Waals surface area contributed by atoms with Crippen molar-refractivity contribution in [3.8, 4) is 5.75 Å². The molecule has 0 aliphatic carbocycles. The van der Waals surface area contributed by atoms with Crippen molar-refractivity contribution in [3.05, 3.63) is 23.5 Å². The number of ether oxygens (including phenoxy) is 1. The number of rotatable bonds is 1. The SMILES string of the molecule is COc1cc(C)[n+](C)c(C)c1.[O-][Cl+3]([O-])([O-])O. The Morgan fingerprint density at radius 2 is 1.50 bits per heavy atom. The summed E-state index contributed by atoms with van der Waals surface area (Å²) in [5.41, 5.74) is 2.42. The molecule has 1 aromatic heterocycles. The second kappa shape index (κ2) is 5.97. The van der Waals surface area contributed by atoms with E-state index in [0.717, 1.165) is 5.75 Å². The average molecular weight is 253 g/mol. The molecular weight excluding hydrogens is 238 g/mol. The molecule has 0 aliphatic rings. The molecule has 16 heavy (non-hydrogen) atoms. The van der Waals surface area contributed by atoms with Gasteiger partial charge in [-0.15, -0.1) is 0 Å². The van der Waals surface area contributed by atoms with Crippen LogP contribution in [0.5, 0.6) is 5.75 Å². The normalized spacial score (nSPS) is 10.5. The Balaban J connectivity index is 0.000000385. The molecule has 0 aliphatic heterocycles. The van der Waals surface area contributed by atoms with Gasteiger partial charge in [0.05, 0.1) is 22.0 Å². The lowest BCUT2D eigenvalue weighted by Crippen LogP contribution is -2.58. The third kappa shape index (κ3) is 6.54. The van der Waals surface area contributed by atoms with E-state index < -0.39 is 10.2 Å². The Bertz CT molecular complexity index is 321. The zero-order chi connectivity index (χ0) is 12.9. The molecule has 1 rings (SSSR count). The van der Waals surface area contributed by atoms with Gasteiger partial charge in [-0.3, -0.25) is 0 Å². The van der Waals surface area contributed by atoms with Crippen molar-refractivity contribution >= 4 is 0 Å². The number of aromatic nitrogens is 1. The van der Waals surface area contributed by atoms with Gasteiger partial charge < -0.3 is 4.74 Å². The summed E-state index contributed by atoms with van der Waals surface area (Å²) in [7, 11) is -0.960. The first kappa shape index (κ1) is 15.1. The zero-order valence-corrected chi connectivity index (χ0v) is 10.3. The molecule has 1 N–H and O–H groups in total. The van der Waals surface area contributed by atoms with Crippen molar-refractivity contribution < 1.29 is 38.2 Å². The van der Waals surface area contributed by atoms with E-state index in [9.17, 15) is 0 Å². The van der Waals surface area contributed by atoms with Crippen molar-refractivity contribution in [2.75, 3.05) is 7.11 Å². The highest BCUT2D eigenvalue weighted by atomic mass is 35.7. The molecule has 6 nitrogen and oxygen atoms in total. The van der Waals surface area contributed by atoms with E-state index >= 15 is 0 Å². The highest BCUT2D eigenvalue weighted by Crippen LogP contribution is 2.10. The molecule has 0 spiro atoms. The zero-order valence-electron chi connectivity index (χ0n) is 9.56. The quantitative estimate of drug-likeness (QED) is 0.537. The molecule has 7 heteroatoms. The minimum Gasteiger partial charge on any atom is -0.496 e. The highest BCUT2D eigenvalue weighted by Gasteiger charge is 2.06. The summed E-state index contributed by atoms with van der Waals surface area (Å²) in [4.78, 5) is 0. The lowest BCUT2D eigenvalue weighted by molar-refractivity contribution is -1.92. The topological polar surface area (TPSA) is 103 Å². The molecule has 0 bridgehead atoms. The molecule has 0 unspecified atom stereocenters. The number of aryl methyl sites for hydroxylation is 2. The van der Waals surface area contributed by atoms with Crippen LogP contribution in [0.2, 0.25) is 0 Å². The van der Waals surface area contributed by atoms with Crippen LogP contribution in [0.4, 0.5) is 0 Å². The summed E-state index contributed by atoms with van der Waals surface area (Å²) in [6, 6.07) is 4.04. The van der Waals surface area contributed by atoms with E-state index in [1.807, 2.05) is 19.2 Å². The van der Waals surface area contributed by atoms with E-state index in [1.54, 1.807) is 7.11 Å².